The monoisotopic (exact) mass is 400 g/mol. The minimum atomic E-state index is -0.349. The lowest BCUT2D eigenvalue weighted by atomic mass is 9.56. The number of allylic oxidation sites excluding steroid dienone is 1. The van der Waals surface area contributed by atoms with E-state index in [4.69, 9.17) is 9.47 Å². The lowest BCUT2D eigenvalue weighted by molar-refractivity contribution is -0.165. The summed E-state index contributed by atoms with van der Waals surface area (Å²) in [5.74, 6) is 0.918. The Morgan fingerprint density at radius 3 is 2.52 bits per heavy atom. The van der Waals surface area contributed by atoms with Crippen LogP contribution in [0.1, 0.15) is 46.3 Å². The largest absolute Gasteiger partial charge is 0.449 e. The van der Waals surface area contributed by atoms with E-state index in [2.05, 4.69) is 61.3 Å². The van der Waals surface area contributed by atoms with E-state index >= 15 is 0 Å². The van der Waals surface area contributed by atoms with Gasteiger partial charge in [0.2, 0.25) is 0 Å². The van der Waals surface area contributed by atoms with Gasteiger partial charge in [-0.25, -0.2) is 4.79 Å². The predicted octanol–water partition coefficient (Wildman–Crippen LogP) is 4.79. The summed E-state index contributed by atoms with van der Waals surface area (Å²) in [6.45, 7) is 11.6. The Hall–Kier alpha value is -2.01. The van der Waals surface area contributed by atoms with E-state index in [9.17, 15) is 4.79 Å². The van der Waals surface area contributed by atoms with Gasteiger partial charge in [-0.15, -0.1) is 0 Å². The van der Waals surface area contributed by atoms with Gasteiger partial charge in [-0.05, 0) is 50.3 Å². The zero-order valence-electron chi connectivity index (χ0n) is 18.9. The number of anilines is 1. The van der Waals surface area contributed by atoms with E-state index in [1.165, 1.54) is 16.8 Å². The third-order valence-electron chi connectivity index (χ3n) is 6.87. The SMILES string of the molecule is CC1=C[C@H](C)[C@]2(COC(=O)NC(C)C)CO[C@@H](c3ccc(N(C)C)cc3)[C@@H]1[C@H]2C. The summed E-state index contributed by atoms with van der Waals surface area (Å²) in [5, 5.41) is 2.82. The number of hydrogen-bond acceptors (Lipinski definition) is 4. The zero-order chi connectivity index (χ0) is 21.3. The maximum atomic E-state index is 12.1. The zero-order valence-corrected chi connectivity index (χ0v) is 18.9. The first-order chi connectivity index (χ1) is 13.7. The van der Waals surface area contributed by atoms with Gasteiger partial charge >= 0.3 is 6.09 Å². The van der Waals surface area contributed by atoms with Crippen LogP contribution in [0.2, 0.25) is 0 Å². The Morgan fingerprint density at radius 1 is 1.28 bits per heavy atom. The van der Waals surface area contributed by atoms with Gasteiger partial charge in [0.15, 0.2) is 0 Å². The van der Waals surface area contributed by atoms with E-state index in [1.807, 2.05) is 27.9 Å². The Balaban J connectivity index is 1.83. The molecule has 1 aliphatic carbocycles. The maximum absolute atomic E-state index is 12.1. The molecule has 1 aliphatic heterocycles. The first-order valence-electron chi connectivity index (χ1n) is 10.7. The number of fused-ring (bicyclic) bond motifs is 2. The maximum Gasteiger partial charge on any atom is 0.407 e. The second-order valence-electron chi connectivity index (χ2n) is 9.34. The molecule has 0 radical (unpaired) electrons. The van der Waals surface area contributed by atoms with E-state index in [1.54, 1.807) is 0 Å². The summed E-state index contributed by atoms with van der Waals surface area (Å²) in [4.78, 5) is 14.2. The van der Waals surface area contributed by atoms with Crippen molar-refractivity contribution in [2.45, 2.75) is 46.8 Å². The summed E-state index contributed by atoms with van der Waals surface area (Å²) in [6.07, 6.45) is 2.04. The minimum Gasteiger partial charge on any atom is -0.449 e. The number of benzene rings is 1. The topological polar surface area (TPSA) is 50.8 Å². The molecule has 1 fully saturated rings. The highest BCUT2D eigenvalue weighted by Crippen LogP contribution is 2.56. The van der Waals surface area contributed by atoms with Gasteiger partial charge in [0, 0.05) is 37.2 Å². The standard InChI is InChI=1S/C24H36N2O3/c1-15(2)25-23(27)29-14-24-13-28-22(19-8-10-20(11-9-19)26(6)7)21(18(24)5)16(3)12-17(24)4/h8-12,15,17-18,21-22H,13-14H2,1-7H3,(H,25,27)/t17-,18+,21-,22-,24+/m0/s1. The molecule has 160 valence electrons. The van der Waals surface area contributed by atoms with Crippen molar-refractivity contribution in [2.75, 3.05) is 32.2 Å². The van der Waals surface area contributed by atoms with E-state index in [-0.39, 0.29) is 35.5 Å². The molecule has 2 aliphatic rings. The van der Waals surface area contributed by atoms with Crippen LogP contribution in [0, 0.1) is 23.2 Å². The predicted molar refractivity (Wildman–Crippen MR) is 117 cm³/mol. The summed E-state index contributed by atoms with van der Waals surface area (Å²) >= 11 is 0. The second kappa shape index (κ2) is 8.39. The molecule has 0 saturated carbocycles. The van der Waals surface area contributed by atoms with Crippen LogP contribution in [0.15, 0.2) is 35.9 Å². The molecule has 0 unspecified atom stereocenters. The lowest BCUT2D eigenvalue weighted by Crippen LogP contribution is -2.55. The van der Waals surface area contributed by atoms with Crippen LogP contribution >= 0.6 is 0 Å². The number of nitrogens with zero attached hydrogens (tertiary/aromatic N) is 1. The molecule has 1 N–H and O–H groups in total. The number of nitrogens with one attached hydrogen (secondary N) is 1. The van der Waals surface area contributed by atoms with Gasteiger partial charge < -0.3 is 19.7 Å². The highest BCUT2D eigenvalue weighted by Gasteiger charge is 2.54. The van der Waals surface area contributed by atoms with Crippen LogP contribution in [0.5, 0.6) is 0 Å². The Kier molecular flexibility index (Phi) is 6.27. The average Bonchev–Trinajstić information content (AvgIpc) is 2.65. The second-order valence-corrected chi connectivity index (χ2v) is 9.34. The normalized spacial score (nSPS) is 31.2. The van der Waals surface area contributed by atoms with Gasteiger partial charge in [-0.1, -0.05) is 37.6 Å². The lowest BCUT2D eigenvalue weighted by Gasteiger charge is -2.55. The van der Waals surface area contributed by atoms with Gasteiger partial charge in [0.1, 0.15) is 6.61 Å². The average molecular weight is 401 g/mol. The van der Waals surface area contributed by atoms with Crippen LogP contribution in [-0.4, -0.2) is 39.4 Å². The smallest absolute Gasteiger partial charge is 0.407 e. The van der Waals surface area contributed by atoms with Crippen LogP contribution in [0.4, 0.5) is 10.5 Å². The van der Waals surface area contributed by atoms with E-state index in [0.29, 0.717) is 19.1 Å². The van der Waals surface area contributed by atoms with Crippen molar-refractivity contribution in [2.24, 2.45) is 23.2 Å². The Labute approximate surface area is 175 Å². The summed E-state index contributed by atoms with van der Waals surface area (Å²) in [6, 6.07) is 8.72. The first-order valence-corrected chi connectivity index (χ1v) is 10.7. The number of carbonyl (C=O) groups excluding carboxylic acids is 1. The first kappa shape index (κ1) is 21.7. The minimum absolute atomic E-state index is 0.0302. The van der Waals surface area contributed by atoms with Crippen LogP contribution in [-0.2, 0) is 9.47 Å². The quantitative estimate of drug-likeness (QED) is 0.722. The van der Waals surface area contributed by atoms with Crippen molar-refractivity contribution in [1.29, 1.82) is 0 Å². The van der Waals surface area contributed by atoms with Crippen molar-refractivity contribution in [1.82, 2.24) is 5.32 Å². The fourth-order valence-electron chi connectivity index (χ4n) is 5.00. The Bertz CT molecular complexity index is 756. The molecule has 0 spiro atoms. The molecule has 1 aromatic carbocycles. The number of hydrogen-bond donors (Lipinski definition) is 1. The molecule has 1 heterocycles. The molecule has 1 amide bonds. The highest BCUT2D eigenvalue weighted by molar-refractivity contribution is 5.67. The van der Waals surface area contributed by atoms with Crippen molar-refractivity contribution in [3.8, 4) is 0 Å². The Morgan fingerprint density at radius 2 is 1.93 bits per heavy atom. The molecule has 3 rings (SSSR count). The number of alkyl carbamates (subject to hydrolysis) is 1. The third kappa shape index (κ3) is 4.16. The third-order valence-corrected chi connectivity index (χ3v) is 6.87. The molecule has 1 aromatic rings. The molecule has 5 atom stereocenters. The molecule has 5 nitrogen and oxygen atoms in total. The van der Waals surface area contributed by atoms with Crippen LogP contribution in [0.25, 0.3) is 0 Å². The summed E-state index contributed by atoms with van der Waals surface area (Å²) in [7, 11) is 4.10. The van der Waals surface area contributed by atoms with Gasteiger partial charge in [-0.3, -0.25) is 0 Å². The molecular formula is C24H36N2O3. The highest BCUT2D eigenvalue weighted by atomic mass is 16.6. The fourth-order valence-corrected chi connectivity index (χ4v) is 5.00. The molecular weight excluding hydrogens is 364 g/mol. The fraction of sp³-hybridized carbons (Fsp3) is 0.625. The van der Waals surface area contributed by atoms with E-state index < -0.39 is 0 Å². The number of rotatable bonds is 5. The number of carbonyl (C=O) groups is 1. The van der Waals surface area contributed by atoms with Crippen molar-refractivity contribution in [3.63, 3.8) is 0 Å². The van der Waals surface area contributed by atoms with E-state index in [0.717, 1.165) is 0 Å². The summed E-state index contributed by atoms with van der Waals surface area (Å²) in [5.41, 5.74) is 3.56. The molecule has 0 aromatic heterocycles. The number of ether oxygens (including phenoxy) is 2. The van der Waals surface area contributed by atoms with Crippen molar-refractivity contribution in [3.05, 3.63) is 41.5 Å². The summed E-state index contributed by atoms with van der Waals surface area (Å²) < 4.78 is 12.2. The molecule has 2 bridgehead atoms. The molecule has 5 heteroatoms. The molecule has 29 heavy (non-hydrogen) atoms. The number of amides is 1. The van der Waals surface area contributed by atoms with Crippen molar-refractivity contribution >= 4 is 11.8 Å². The van der Waals surface area contributed by atoms with Crippen molar-refractivity contribution < 1.29 is 14.3 Å². The van der Waals surface area contributed by atoms with Crippen LogP contribution < -0.4 is 10.2 Å². The molecule has 1 saturated heterocycles. The van der Waals surface area contributed by atoms with Gasteiger partial charge in [-0.2, -0.15) is 0 Å². The van der Waals surface area contributed by atoms with Gasteiger partial charge in [0.25, 0.3) is 0 Å². The van der Waals surface area contributed by atoms with Crippen LogP contribution in [0.3, 0.4) is 0 Å². The van der Waals surface area contributed by atoms with Gasteiger partial charge in [0.05, 0.1) is 12.7 Å².